The van der Waals surface area contributed by atoms with Crippen LogP contribution in [0.5, 0.6) is 0 Å². The topological polar surface area (TPSA) is 68.3 Å². The van der Waals surface area contributed by atoms with Gasteiger partial charge in [0.1, 0.15) is 11.6 Å². The summed E-state index contributed by atoms with van der Waals surface area (Å²) in [4.78, 5) is 49.8. The van der Waals surface area contributed by atoms with Gasteiger partial charge in [-0.2, -0.15) is 0 Å². The minimum atomic E-state index is -0.276. The van der Waals surface area contributed by atoms with E-state index in [2.05, 4.69) is 0 Å². The summed E-state index contributed by atoms with van der Waals surface area (Å²) < 4.78 is 0. The van der Waals surface area contributed by atoms with Crippen molar-refractivity contribution in [2.75, 3.05) is 0 Å². The SMILES string of the molecule is O=C(CC(=O)C1CCCC(C(=O)CC(=O)c2ccccc2)C1)c1ccccc1. The summed E-state index contributed by atoms with van der Waals surface area (Å²) in [6, 6.07) is 17.6. The fraction of sp³-hybridized carbons (Fsp3) is 0.333. The molecule has 0 N–H and O–H groups in total. The van der Waals surface area contributed by atoms with Crippen LogP contribution >= 0.6 is 0 Å². The van der Waals surface area contributed by atoms with Crippen molar-refractivity contribution in [3.8, 4) is 0 Å². The molecule has 2 aromatic carbocycles. The van der Waals surface area contributed by atoms with Gasteiger partial charge in [0.05, 0.1) is 12.8 Å². The average Bonchev–Trinajstić information content (AvgIpc) is 2.75. The van der Waals surface area contributed by atoms with E-state index in [1.807, 2.05) is 12.1 Å². The Hall–Kier alpha value is -2.88. The summed E-state index contributed by atoms with van der Waals surface area (Å²) in [5.74, 6) is -1.11. The highest BCUT2D eigenvalue weighted by molar-refractivity contribution is 6.10. The minimum Gasteiger partial charge on any atom is -0.299 e. The largest absolute Gasteiger partial charge is 0.299 e. The highest BCUT2D eigenvalue weighted by atomic mass is 16.2. The molecule has 2 aromatic rings. The predicted molar refractivity (Wildman–Crippen MR) is 106 cm³/mol. The van der Waals surface area contributed by atoms with Crippen LogP contribution in [0.3, 0.4) is 0 Å². The maximum Gasteiger partial charge on any atom is 0.170 e. The van der Waals surface area contributed by atoms with Crippen LogP contribution in [0.1, 0.15) is 59.2 Å². The van der Waals surface area contributed by atoms with Crippen LogP contribution < -0.4 is 0 Å². The van der Waals surface area contributed by atoms with Gasteiger partial charge in [-0.25, -0.2) is 0 Å². The van der Waals surface area contributed by atoms with Crippen LogP contribution in [0.4, 0.5) is 0 Å². The summed E-state index contributed by atoms with van der Waals surface area (Å²) in [5.41, 5.74) is 1.07. The Morgan fingerprint density at radius 2 is 1.04 bits per heavy atom. The molecule has 0 bridgehead atoms. The number of hydrogen-bond acceptors (Lipinski definition) is 4. The van der Waals surface area contributed by atoms with Crippen LogP contribution in [-0.2, 0) is 9.59 Å². The van der Waals surface area contributed by atoms with E-state index in [-0.39, 0.29) is 47.8 Å². The second-order valence-corrected chi connectivity index (χ2v) is 7.43. The molecule has 4 nitrogen and oxygen atoms in total. The number of benzene rings is 2. The molecule has 3 rings (SSSR count). The highest BCUT2D eigenvalue weighted by Gasteiger charge is 2.32. The summed E-state index contributed by atoms with van der Waals surface area (Å²) in [6.45, 7) is 0. The Kier molecular flexibility index (Phi) is 6.64. The molecular formula is C24H24O4. The zero-order valence-corrected chi connectivity index (χ0v) is 15.8. The number of rotatable bonds is 8. The van der Waals surface area contributed by atoms with Crippen LogP contribution in [0.25, 0.3) is 0 Å². The standard InChI is InChI=1S/C24H24O4/c25-21(17-8-3-1-4-9-17)15-23(27)19-12-7-13-20(14-19)24(28)16-22(26)18-10-5-2-6-11-18/h1-6,8-11,19-20H,7,12-16H2. The first-order valence-electron chi connectivity index (χ1n) is 9.76. The van der Waals surface area contributed by atoms with E-state index in [0.29, 0.717) is 30.4 Å². The lowest BCUT2D eigenvalue weighted by Crippen LogP contribution is -2.29. The lowest BCUT2D eigenvalue weighted by molar-refractivity contribution is -0.126. The van der Waals surface area contributed by atoms with Gasteiger partial charge < -0.3 is 0 Å². The molecule has 0 radical (unpaired) electrons. The molecule has 1 aliphatic carbocycles. The first-order chi connectivity index (χ1) is 13.5. The number of Topliss-reactive ketones (excluding diaryl/α,β-unsaturated/α-hetero) is 4. The third-order valence-corrected chi connectivity index (χ3v) is 5.45. The molecule has 1 aliphatic rings. The molecule has 0 aromatic heterocycles. The second kappa shape index (κ2) is 9.36. The fourth-order valence-corrected chi connectivity index (χ4v) is 3.83. The van der Waals surface area contributed by atoms with E-state index in [1.54, 1.807) is 48.5 Å². The fourth-order valence-electron chi connectivity index (χ4n) is 3.83. The van der Waals surface area contributed by atoms with Crippen LogP contribution in [-0.4, -0.2) is 23.1 Å². The van der Waals surface area contributed by atoms with E-state index in [1.165, 1.54) is 0 Å². The summed E-state index contributed by atoms with van der Waals surface area (Å²) >= 11 is 0. The Morgan fingerprint density at radius 3 is 1.43 bits per heavy atom. The monoisotopic (exact) mass is 376 g/mol. The van der Waals surface area contributed by atoms with E-state index in [4.69, 9.17) is 0 Å². The molecule has 2 unspecified atom stereocenters. The van der Waals surface area contributed by atoms with Crippen molar-refractivity contribution >= 4 is 23.1 Å². The molecule has 0 aliphatic heterocycles. The van der Waals surface area contributed by atoms with Crippen molar-refractivity contribution in [2.24, 2.45) is 11.8 Å². The van der Waals surface area contributed by atoms with E-state index in [0.717, 1.165) is 6.42 Å². The number of ketones is 4. The number of hydrogen-bond donors (Lipinski definition) is 0. The van der Waals surface area contributed by atoms with Gasteiger partial charge in [0, 0.05) is 23.0 Å². The third-order valence-electron chi connectivity index (χ3n) is 5.45. The lowest BCUT2D eigenvalue weighted by atomic mass is 9.75. The Balaban J connectivity index is 1.55. The molecule has 1 saturated carbocycles. The zero-order valence-electron chi connectivity index (χ0n) is 15.8. The molecule has 28 heavy (non-hydrogen) atoms. The normalized spacial score (nSPS) is 19.0. The van der Waals surface area contributed by atoms with Crippen LogP contribution in [0.15, 0.2) is 60.7 Å². The predicted octanol–water partition coefficient (Wildman–Crippen LogP) is 4.48. The van der Waals surface area contributed by atoms with Gasteiger partial charge >= 0.3 is 0 Å². The van der Waals surface area contributed by atoms with Gasteiger partial charge in [-0.15, -0.1) is 0 Å². The van der Waals surface area contributed by atoms with Gasteiger partial charge in [-0.1, -0.05) is 67.1 Å². The van der Waals surface area contributed by atoms with E-state index >= 15 is 0 Å². The summed E-state index contributed by atoms with van der Waals surface area (Å²) in [7, 11) is 0. The Morgan fingerprint density at radius 1 is 0.643 bits per heavy atom. The van der Waals surface area contributed by atoms with Crippen LogP contribution in [0, 0.1) is 11.8 Å². The van der Waals surface area contributed by atoms with E-state index < -0.39 is 0 Å². The zero-order chi connectivity index (χ0) is 19.9. The number of carbonyl (C=O) groups excluding carboxylic acids is 4. The first kappa shape index (κ1) is 19.9. The molecule has 4 heteroatoms. The quantitative estimate of drug-likeness (QED) is 0.503. The third kappa shape index (κ3) is 5.10. The molecule has 1 fully saturated rings. The van der Waals surface area contributed by atoms with E-state index in [9.17, 15) is 19.2 Å². The minimum absolute atomic E-state index is 0.0965. The molecule has 0 spiro atoms. The van der Waals surface area contributed by atoms with Gasteiger partial charge in [-0.05, 0) is 19.3 Å². The molecule has 0 amide bonds. The van der Waals surface area contributed by atoms with Crippen molar-refractivity contribution in [3.05, 3.63) is 71.8 Å². The summed E-state index contributed by atoms with van der Waals surface area (Å²) in [5, 5.41) is 0. The second-order valence-electron chi connectivity index (χ2n) is 7.43. The Labute approximate surface area is 165 Å². The van der Waals surface area contributed by atoms with Crippen molar-refractivity contribution in [3.63, 3.8) is 0 Å². The van der Waals surface area contributed by atoms with Crippen LogP contribution in [0.2, 0.25) is 0 Å². The molecular weight excluding hydrogens is 352 g/mol. The highest BCUT2D eigenvalue weighted by Crippen LogP contribution is 2.32. The lowest BCUT2D eigenvalue weighted by Gasteiger charge is -2.27. The van der Waals surface area contributed by atoms with Crippen molar-refractivity contribution in [1.29, 1.82) is 0 Å². The van der Waals surface area contributed by atoms with Gasteiger partial charge in [0.15, 0.2) is 11.6 Å². The van der Waals surface area contributed by atoms with Crippen molar-refractivity contribution in [1.82, 2.24) is 0 Å². The van der Waals surface area contributed by atoms with Gasteiger partial charge in [-0.3, -0.25) is 19.2 Å². The maximum absolute atomic E-state index is 12.6. The molecule has 144 valence electrons. The Bertz CT molecular complexity index is 783. The van der Waals surface area contributed by atoms with Gasteiger partial charge in [0.2, 0.25) is 0 Å². The maximum atomic E-state index is 12.6. The molecule has 0 heterocycles. The average molecular weight is 376 g/mol. The molecule has 0 saturated heterocycles. The van der Waals surface area contributed by atoms with Crippen molar-refractivity contribution in [2.45, 2.75) is 38.5 Å². The number of carbonyl (C=O) groups is 4. The summed E-state index contributed by atoms with van der Waals surface area (Å²) in [6.07, 6.45) is 2.37. The smallest absolute Gasteiger partial charge is 0.170 e. The van der Waals surface area contributed by atoms with Gasteiger partial charge in [0.25, 0.3) is 0 Å². The van der Waals surface area contributed by atoms with Crippen molar-refractivity contribution < 1.29 is 19.2 Å². The molecule has 2 atom stereocenters. The first-order valence-corrected chi connectivity index (χ1v) is 9.76.